The van der Waals surface area contributed by atoms with Crippen LogP contribution in [0.3, 0.4) is 0 Å². The zero-order valence-corrected chi connectivity index (χ0v) is 16.7. The third kappa shape index (κ3) is 2.51. The Morgan fingerprint density at radius 1 is 1.23 bits per heavy atom. The van der Waals surface area contributed by atoms with E-state index in [9.17, 15) is 13.2 Å². The van der Waals surface area contributed by atoms with Gasteiger partial charge >= 0.3 is 5.76 Å². The van der Waals surface area contributed by atoms with Gasteiger partial charge in [-0.2, -0.15) is 0 Å². The second-order valence-electron chi connectivity index (χ2n) is 6.37. The number of aryl methyl sites for hydroxylation is 1. The first-order valence-electron chi connectivity index (χ1n) is 8.29. The van der Waals surface area contributed by atoms with Crippen LogP contribution in [0.2, 0.25) is 0 Å². The van der Waals surface area contributed by atoms with Gasteiger partial charge < -0.3 is 4.42 Å². The highest BCUT2D eigenvalue weighted by Crippen LogP contribution is 2.38. The number of aromatic nitrogens is 1. The standard InChI is InChI=1S/C18H17BrN2O4S/c1-3-20-16-7-5-14(10-17(16)25-18(20)22)26(23,24)21-11(2)8-12-9-13(19)4-6-15(12)21/h4-7,9-11H,3,8H2,1-2H3. The van der Waals surface area contributed by atoms with Gasteiger partial charge in [0.2, 0.25) is 0 Å². The fraction of sp³-hybridized carbons (Fsp3) is 0.278. The van der Waals surface area contributed by atoms with Gasteiger partial charge in [0.1, 0.15) is 0 Å². The van der Waals surface area contributed by atoms with Crippen LogP contribution in [0.25, 0.3) is 11.1 Å². The van der Waals surface area contributed by atoms with E-state index in [2.05, 4.69) is 15.9 Å². The zero-order valence-electron chi connectivity index (χ0n) is 14.3. The normalized spacial score (nSPS) is 17.0. The summed E-state index contributed by atoms with van der Waals surface area (Å²) in [7, 11) is -3.77. The second kappa shape index (κ2) is 5.99. The summed E-state index contributed by atoms with van der Waals surface area (Å²) in [4.78, 5) is 12.0. The van der Waals surface area contributed by atoms with E-state index < -0.39 is 15.8 Å². The average Bonchev–Trinajstić information content (AvgIpc) is 3.08. The molecule has 0 bridgehead atoms. The maximum Gasteiger partial charge on any atom is 0.419 e. The van der Waals surface area contributed by atoms with Crippen molar-refractivity contribution in [2.24, 2.45) is 0 Å². The van der Waals surface area contributed by atoms with E-state index in [1.165, 1.54) is 21.0 Å². The van der Waals surface area contributed by atoms with Gasteiger partial charge in [-0.25, -0.2) is 13.2 Å². The van der Waals surface area contributed by atoms with Gasteiger partial charge in [-0.15, -0.1) is 0 Å². The quantitative estimate of drug-likeness (QED) is 0.629. The first-order valence-corrected chi connectivity index (χ1v) is 10.5. The Labute approximate surface area is 159 Å². The topological polar surface area (TPSA) is 72.5 Å². The van der Waals surface area contributed by atoms with Crippen LogP contribution >= 0.6 is 15.9 Å². The van der Waals surface area contributed by atoms with Crippen molar-refractivity contribution < 1.29 is 12.8 Å². The Hall–Kier alpha value is -2.06. The third-order valence-electron chi connectivity index (χ3n) is 4.71. The molecule has 2 aromatic carbocycles. The van der Waals surface area contributed by atoms with Crippen LogP contribution < -0.4 is 10.1 Å². The summed E-state index contributed by atoms with van der Waals surface area (Å²) < 4.78 is 35.6. The fourth-order valence-corrected chi connectivity index (χ4v) is 5.67. The average molecular weight is 437 g/mol. The Kier molecular flexibility index (Phi) is 4.00. The summed E-state index contributed by atoms with van der Waals surface area (Å²) >= 11 is 3.43. The van der Waals surface area contributed by atoms with E-state index in [-0.39, 0.29) is 16.5 Å². The minimum Gasteiger partial charge on any atom is -0.408 e. The second-order valence-corrected chi connectivity index (χ2v) is 9.10. The van der Waals surface area contributed by atoms with Gasteiger partial charge in [-0.05, 0) is 56.2 Å². The van der Waals surface area contributed by atoms with Crippen molar-refractivity contribution in [3.8, 4) is 0 Å². The molecule has 0 aliphatic carbocycles. The van der Waals surface area contributed by atoms with E-state index >= 15 is 0 Å². The summed E-state index contributed by atoms with van der Waals surface area (Å²) in [6.45, 7) is 4.18. The predicted molar refractivity (Wildman–Crippen MR) is 103 cm³/mol. The molecule has 4 rings (SSSR count). The van der Waals surface area contributed by atoms with Gasteiger partial charge in [-0.3, -0.25) is 8.87 Å². The zero-order chi connectivity index (χ0) is 18.6. The van der Waals surface area contributed by atoms with Crippen molar-refractivity contribution in [3.05, 3.63) is 57.0 Å². The molecule has 0 N–H and O–H groups in total. The molecule has 1 aliphatic heterocycles. The number of oxazole rings is 1. The van der Waals surface area contributed by atoms with E-state index in [0.717, 1.165) is 10.0 Å². The predicted octanol–water partition coefficient (Wildman–Crippen LogP) is 3.52. The number of benzene rings is 2. The summed E-state index contributed by atoms with van der Waals surface area (Å²) in [6.07, 6.45) is 0.650. The molecule has 1 unspecified atom stereocenters. The molecule has 1 atom stereocenters. The minimum atomic E-state index is -3.77. The van der Waals surface area contributed by atoms with Gasteiger partial charge in [0.15, 0.2) is 5.58 Å². The largest absolute Gasteiger partial charge is 0.419 e. The molecule has 8 heteroatoms. The highest BCUT2D eigenvalue weighted by molar-refractivity contribution is 9.10. The van der Waals surface area contributed by atoms with E-state index in [4.69, 9.17) is 4.42 Å². The molecule has 2 heterocycles. The van der Waals surface area contributed by atoms with Crippen molar-refractivity contribution in [2.75, 3.05) is 4.31 Å². The Morgan fingerprint density at radius 2 is 2.00 bits per heavy atom. The first kappa shape index (κ1) is 17.4. The maximum absolute atomic E-state index is 13.3. The lowest BCUT2D eigenvalue weighted by molar-refractivity contribution is 0.512. The molecular formula is C18H17BrN2O4S. The number of hydrogen-bond acceptors (Lipinski definition) is 4. The van der Waals surface area contributed by atoms with Gasteiger partial charge in [0.25, 0.3) is 10.0 Å². The van der Waals surface area contributed by atoms with Crippen molar-refractivity contribution >= 4 is 42.7 Å². The van der Waals surface area contributed by atoms with Crippen LogP contribution in [0.15, 0.2) is 55.0 Å². The van der Waals surface area contributed by atoms with Gasteiger partial charge in [0.05, 0.1) is 16.1 Å². The molecule has 1 aromatic heterocycles. The highest BCUT2D eigenvalue weighted by atomic mass is 79.9. The molecule has 0 saturated carbocycles. The van der Waals surface area contributed by atoms with E-state index in [0.29, 0.717) is 24.2 Å². The van der Waals surface area contributed by atoms with Crippen molar-refractivity contribution in [1.82, 2.24) is 4.57 Å². The Bertz CT molecular complexity index is 1180. The van der Waals surface area contributed by atoms with Crippen LogP contribution in [-0.2, 0) is 23.0 Å². The Morgan fingerprint density at radius 3 is 2.73 bits per heavy atom. The summed E-state index contributed by atoms with van der Waals surface area (Å²) in [5.74, 6) is -0.484. The number of nitrogens with zero attached hydrogens (tertiary/aromatic N) is 2. The lowest BCUT2D eigenvalue weighted by Gasteiger charge is -2.24. The van der Waals surface area contributed by atoms with E-state index in [1.807, 2.05) is 32.0 Å². The number of anilines is 1. The molecular weight excluding hydrogens is 420 g/mol. The number of hydrogen-bond donors (Lipinski definition) is 0. The summed E-state index contributed by atoms with van der Waals surface area (Å²) in [5.41, 5.74) is 2.55. The lowest BCUT2D eigenvalue weighted by Crippen LogP contribution is -2.35. The molecule has 0 saturated heterocycles. The summed E-state index contributed by atoms with van der Waals surface area (Å²) in [6, 6.07) is 10.00. The fourth-order valence-electron chi connectivity index (χ4n) is 3.56. The van der Waals surface area contributed by atoms with E-state index in [1.54, 1.807) is 6.07 Å². The summed E-state index contributed by atoms with van der Waals surface area (Å²) in [5, 5.41) is 0. The van der Waals surface area contributed by atoms with Crippen LogP contribution in [0.5, 0.6) is 0 Å². The van der Waals surface area contributed by atoms with Crippen LogP contribution in [0, 0.1) is 0 Å². The smallest absolute Gasteiger partial charge is 0.408 e. The highest BCUT2D eigenvalue weighted by Gasteiger charge is 2.36. The van der Waals surface area contributed by atoms with Crippen molar-refractivity contribution in [2.45, 2.75) is 37.8 Å². The van der Waals surface area contributed by atoms with Crippen molar-refractivity contribution in [1.29, 1.82) is 0 Å². The van der Waals surface area contributed by atoms with Crippen LogP contribution in [0.1, 0.15) is 19.4 Å². The number of rotatable bonds is 3. The third-order valence-corrected chi connectivity index (χ3v) is 7.12. The molecule has 6 nitrogen and oxygen atoms in total. The SMILES string of the molecule is CCn1c(=O)oc2cc(S(=O)(=O)N3c4ccc(Br)cc4CC3C)ccc21. The maximum atomic E-state index is 13.3. The minimum absolute atomic E-state index is 0.115. The van der Waals surface area contributed by atoms with Crippen LogP contribution in [-0.4, -0.2) is 19.0 Å². The number of sulfonamides is 1. The first-order chi connectivity index (χ1) is 12.3. The van der Waals surface area contributed by atoms with Gasteiger partial charge in [-0.1, -0.05) is 15.9 Å². The molecule has 136 valence electrons. The lowest BCUT2D eigenvalue weighted by atomic mass is 10.1. The molecule has 0 spiro atoms. The van der Waals surface area contributed by atoms with Crippen LogP contribution in [0.4, 0.5) is 5.69 Å². The number of fused-ring (bicyclic) bond motifs is 2. The molecule has 1 aliphatic rings. The molecule has 0 radical (unpaired) electrons. The van der Waals surface area contributed by atoms with Crippen molar-refractivity contribution in [3.63, 3.8) is 0 Å². The molecule has 26 heavy (non-hydrogen) atoms. The molecule has 0 fully saturated rings. The van der Waals surface area contributed by atoms with Gasteiger partial charge in [0, 0.05) is 23.1 Å². The Balaban J connectivity index is 1.85. The monoisotopic (exact) mass is 436 g/mol. The molecule has 3 aromatic rings. The molecule has 0 amide bonds. The number of halogens is 1.